The molecule has 5 aromatic rings. The van der Waals surface area contributed by atoms with E-state index in [1.807, 2.05) is 68.4 Å². The first kappa shape index (κ1) is 23.8. The highest BCUT2D eigenvalue weighted by atomic mass is 32.2. The third-order valence-corrected chi connectivity index (χ3v) is 7.03. The Morgan fingerprint density at radius 2 is 1.72 bits per heavy atom. The van der Waals surface area contributed by atoms with Crippen LogP contribution in [0.4, 0.5) is 5.69 Å². The van der Waals surface area contributed by atoms with Crippen LogP contribution in [0, 0.1) is 13.8 Å². The third-order valence-electron chi connectivity index (χ3n) is 6.06. The summed E-state index contributed by atoms with van der Waals surface area (Å²) < 4.78 is 2.06. The van der Waals surface area contributed by atoms with Crippen LogP contribution < -0.4 is 5.32 Å². The van der Waals surface area contributed by atoms with Crippen molar-refractivity contribution in [3.05, 3.63) is 90.0 Å². The number of pyridine rings is 1. The molecular weight excluding hydrogens is 466 g/mol. The number of amides is 1. The minimum Gasteiger partial charge on any atom is -0.325 e. The highest BCUT2D eigenvalue weighted by Crippen LogP contribution is 2.33. The summed E-state index contributed by atoms with van der Waals surface area (Å²) >= 11 is 1.39. The predicted molar refractivity (Wildman–Crippen MR) is 147 cm³/mol. The monoisotopic (exact) mass is 493 g/mol. The number of thioether (sulfide) groups is 1. The van der Waals surface area contributed by atoms with Crippen LogP contribution in [-0.2, 0) is 11.3 Å². The van der Waals surface area contributed by atoms with Gasteiger partial charge in [0, 0.05) is 28.7 Å². The summed E-state index contributed by atoms with van der Waals surface area (Å²) in [6, 6.07) is 26.3. The Labute approximate surface area is 214 Å². The van der Waals surface area contributed by atoms with Gasteiger partial charge in [0.1, 0.15) is 0 Å². The second kappa shape index (κ2) is 10.3. The molecule has 0 atom stereocenters. The lowest BCUT2D eigenvalue weighted by atomic mass is 10.0. The lowest BCUT2D eigenvalue weighted by Gasteiger charge is -2.12. The molecule has 0 aliphatic rings. The predicted octanol–water partition coefficient (Wildman–Crippen LogP) is 6.53. The van der Waals surface area contributed by atoms with Crippen molar-refractivity contribution >= 4 is 34.3 Å². The number of hydrogen-bond donors (Lipinski definition) is 1. The number of carbonyl (C=O) groups excluding carboxylic acids is 1. The molecule has 5 rings (SSSR count). The molecule has 0 bridgehead atoms. The average molecular weight is 494 g/mol. The molecule has 0 fully saturated rings. The van der Waals surface area contributed by atoms with Crippen molar-refractivity contribution < 1.29 is 4.79 Å². The van der Waals surface area contributed by atoms with E-state index in [1.54, 1.807) is 0 Å². The fourth-order valence-electron chi connectivity index (χ4n) is 4.18. The van der Waals surface area contributed by atoms with E-state index in [9.17, 15) is 4.79 Å². The Kier molecular flexibility index (Phi) is 6.82. The summed E-state index contributed by atoms with van der Waals surface area (Å²) in [5.41, 5.74) is 6.80. The molecule has 1 N–H and O–H groups in total. The number of fused-ring (bicyclic) bond motifs is 1. The highest BCUT2D eigenvalue weighted by molar-refractivity contribution is 7.99. The highest BCUT2D eigenvalue weighted by Gasteiger charge is 2.18. The largest absolute Gasteiger partial charge is 0.325 e. The number of nitrogens with zero attached hydrogens (tertiary/aromatic N) is 4. The number of hydrogen-bond acceptors (Lipinski definition) is 5. The van der Waals surface area contributed by atoms with Crippen LogP contribution in [0.15, 0.2) is 84.0 Å². The van der Waals surface area contributed by atoms with Crippen LogP contribution in [0.25, 0.3) is 33.5 Å². The number of para-hydroxylation sites is 1. The number of aryl methyl sites for hydroxylation is 2. The molecule has 0 radical (unpaired) electrons. The van der Waals surface area contributed by atoms with Gasteiger partial charge < -0.3 is 9.88 Å². The van der Waals surface area contributed by atoms with Gasteiger partial charge in [-0.05, 0) is 50.1 Å². The van der Waals surface area contributed by atoms with Gasteiger partial charge in [0.15, 0.2) is 11.0 Å². The summed E-state index contributed by atoms with van der Waals surface area (Å²) in [5.74, 6) is 0.949. The van der Waals surface area contributed by atoms with E-state index < -0.39 is 0 Å². The minimum atomic E-state index is -0.0679. The van der Waals surface area contributed by atoms with E-state index >= 15 is 0 Å². The van der Waals surface area contributed by atoms with Gasteiger partial charge >= 0.3 is 0 Å². The Morgan fingerprint density at radius 3 is 2.53 bits per heavy atom. The first-order chi connectivity index (χ1) is 17.5. The fourth-order valence-corrected chi connectivity index (χ4v) is 4.99. The molecule has 0 aliphatic carbocycles. The summed E-state index contributed by atoms with van der Waals surface area (Å²) in [4.78, 5) is 17.6. The second-order valence-corrected chi connectivity index (χ2v) is 9.59. The molecule has 1 amide bonds. The molecule has 7 heteroatoms. The zero-order valence-electron chi connectivity index (χ0n) is 20.5. The van der Waals surface area contributed by atoms with Gasteiger partial charge in [0.25, 0.3) is 0 Å². The molecule has 3 aromatic carbocycles. The molecule has 0 saturated carbocycles. The van der Waals surface area contributed by atoms with Gasteiger partial charge in [0.05, 0.1) is 17.0 Å². The molecule has 6 nitrogen and oxygen atoms in total. The maximum Gasteiger partial charge on any atom is 0.234 e. The van der Waals surface area contributed by atoms with E-state index in [4.69, 9.17) is 4.98 Å². The van der Waals surface area contributed by atoms with Crippen LogP contribution in [-0.4, -0.2) is 31.4 Å². The average Bonchev–Trinajstić information content (AvgIpc) is 3.32. The smallest absolute Gasteiger partial charge is 0.234 e. The van der Waals surface area contributed by atoms with Gasteiger partial charge in [-0.1, -0.05) is 72.4 Å². The molecule has 0 saturated heterocycles. The molecule has 0 unspecified atom stereocenters. The molecule has 180 valence electrons. The zero-order chi connectivity index (χ0) is 25.1. The summed E-state index contributed by atoms with van der Waals surface area (Å²) in [6.45, 7) is 6.75. The Hall–Kier alpha value is -3.97. The van der Waals surface area contributed by atoms with E-state index in [0.717, 1.165) is 50.4 Å². The lowest BCUT2D eigenvalue weighted by molar-refractivity contribution is -0.113. The number of aromatic nitrogens is 4. The fraction of sp³-hybridized carbons (Fsp3) is 0.172. The summed E-state index contributed by atoms with van der Waals surface area (Å²) in [5, 5.41) is 13.8. The van der Waals surface area contributed by atoms with E-state index in [-0.39, 0.29) is 11.7 Å². The quantitative estimate of drug-likeness (QED) is 0.261. The van der Waals surface area contributed by atoms with Crippen LogP contribution >= 0.6 is 11.8 Å². The van der Waals surface area contributed by atoms with Gasteiger partial charge in [-0.2, -0.15) is 0 Å². The van der Waals surface area contributed by atoms with Gasteiger partial charge in [-0.25, -0.2) is 4.98 Å². The molecule has 0 spiro atoms. The van der Waals surface area contributed by atoms with Crippen LogP contribution in [0.3, 0.4) is 0 Å². The van der Waals surface area contributed by atoms with Crippen LogP contribution in [0.5, 0.6) is 0 Å². The van der Waals surface area contributed by atoms with Crippen molar-refractivity contribution in [2.75, 3.05) is 11.1 Å². The van der Waals surface area contributed by atoms with E-state index in [1.165, 1.54) is 11.8 Å². The molecule has 2 aromatic heterocycles. The SMILES string of the molecule is CCn1c(SCC(=O)Nc2cc(C)ccc2C)nnc1-c1cc(-c2ccccc2)nc2ccccc12. The maximum absolute atomic E-state index is 12.7. The number of nitrogens with one attached hydrogen (secondary N) is 1. The van der Waals surface area contributed by atoms with Crippen molar-refractivity contribution in [3.63, 3.8) is 0 Å². The van der Waals surface area contributed by atoms with Gasteiger partial charge in [0.2, 0.25) is 5.91 Å². The standard InChI is InChI=1S/C29H27N5OS/c1-4-34-28(32-33-29(34)36-18-27(35)31-25-16-19(2)14-15-20(25)3)23-17-26(21-10-6-5-7-11-21)30-24-13-9-8-12-22(23)24/h5-17H,4,18H2,1-3H3,(H,31,35). The van der Waals surface area contributed by atoms with Crippen molar-refractivity contribution in [2.45, 2.75) is 32.5 Å². The van der Waals surface area contributed by atoms with Crippen LogP contribution in [0.1, 0.15) is 18.1 Å². The van der Waals surface area contributed by atoms with E-state index in [2.05, 4.69) is 51.3 Å². The first-order valence-electron chi connectivity index (χ1n) is 11.9. The molecule has 0 aliphatic heterocycles. The van der Waals surface area contributed by atoms with Crippen molar-refractivity contribution in [1.82, 2.24) is 19.7 Å². The Bertz CT molecular complexity index is 1540. The summed E-state index contributed by atoms with van der Waals surface area (Å²) in [6.07, 6.45) is 0. The molecule has 2 heterocycles. The normalized spacial score (nSPS) is 11.1. The number of rotatable bonds is 7. The maximum atomic E-state index is 12.7. The number of carbonyl (C=O) groups is 1. The Balaban J connectivity index is 1.45. The summed E-state index contributed by atoms with van der Waals surface area (Å²) in [7, 11) is 0. The topological polar surface area (TPSA) is 72.7 Å². The molecule has 36 heavy (non-hydrogen) atoms. The first-order valence-corrected chi connectivity index (χ1v) is 12.9. The number of benzene rings is 3. The zero-order valence-corrected chi connectivity index (χ0v) is 21.3. The van der Waals surface area contributed by atoms with Crippen LogP contribution in [0.2, 0.25) is 0 Å². The van der Waals surface area contributed by atoms with Gasteiger partial charge in [-0.15, -0.1) is 10.2 Å². The second-order valence-electron chi connectivity index (χ2n) is 8.64. The van der Waals surface area contributed by atoms with Crippen molar-refractivity contribution in [3.8, 4) is 22.6 Å². The Morgan fingerprint density at radius 1 is 0.944 bits per heavy atom. The number of anilines is 1. The minimum absolute atomic E-state index is 0.0679. The third kappa shape index (κ3) is 4.88. The van der Waals surface area contributed by atoms with Crippen molar-refractivity contribution in [2.24, 2.45) is 0 Å². The van der Waals surface area contributed by atoms with E-state index in [0.29, 0.717) is 11.7 Å². The molecular formula is C29H27N5OS. The lowest BCUT2D eigenvalue weighted by Crippen LogP contribution is -2.15. The van der Waals surface area contributed by atoms with Gasteiger partial charge in [-0.3, -0.25) is 4.79 Å². The van der Waals surface area contributed by atoms with Crippen molar-refractivity contribution in [1.29, 1.82) is 0 Å².